The molecule has 0 radical (unpaired) electrons. The highest BCUT2D eigenvalue weighted by Gasteiger charge is 2.07. The lowest BCUT2D eigenvalue weighted by Crippen LogP contribution is -2.18. The average molecular weight is 417 g/mol. The number of benzene rings is 3. The van der Waals surface area contributed by atoms with Crippen molar-refractivity contribution < 1.29 is 5.21 Å². The normalized spacial score (nSPS) is 10.7. The summed E-state index contributed by atoms with van der Waals surface area (Å²) in [4.78, 5) is 7.71. The van der Waals surface area contributed by atoms with E-state index in [4.69, 9.17) is 16.4 Å². The van der Waals surface area contributed by atoms with Crippen LogP contribution in [0.2, 0.25) is 0 Å². The number of rotatable bonds is 2. The summed E-state index contributed by atoms with van der Waals surface area (Å²) < 4.78 is 0. The van der Waals surface area contributed by atoms with Crippen molar-refractivity contribution in [2.45, 2.75) is 0 Å². The van der Waals surface area contributed by atoms with Crippen LogP contribution in [0.15, 0.2) is 79.0 Å². The third-order valence-corrected chi connectivity index (χ3v) is 5.32. The SMILES string of the molecule is N=C(NO)c1cccc(C#Cc2cc(N)nc3ccc(-c4ccc5cc[nH]c5c4)cc23)c1. The summed E-state index contributed by atoms with van der Waals surface area (Å²) in [6.07, 6.45) is 1.93. The van der Waals surface area contributed by atoms with Crippen LogP contribution in [0.1, 0.15) is 16.7 Å². The van der Waals surface area contributed by atoms with Gasteiger partial charge in [-0.1, -0.05) is 42.2 Å². The van der Waals surface area contributed by atoms with Gasteiger partial charge in [0.2, 0.25) is 0 Å². The van der Waals surface area contributed by atoms with Crippen LogP contribution in [0, 0.1) is 17.3 Å². The first kappa shape index (κ1) is 19.4. The van der Waals surface area contributed by atoms with Crippen molar-refractivity contribution in [3.63, 3.8) is 0 Å². The summed E-state index contributed by atoms with van der Waals surface area (Å²) in [5.41, 5.74) is 13.9. The number of hydrogen-bond donors (Lipinski definition) is 5. The summed E-state index contributed by atoms with van der Waals surface area (Å²) in [7, 11) is 0. The zero-order valence-corrected chi connectivity index (χ0v) is 17.0. The number of hydrogen-bond acceptors (Lipinski definition) is 4. The Kier molecular flexibility index (Phi) is 4.79. The van der Waals surface area contributed by atoms with E-state index >= 15 is 0 Å². The number of fused-ring (bicyclic) bond motifs is 2. The Labute approximate surface area is 184 Å². The van der Waals surface area contributed by atoms with Crippen molar-refractivity contribution in [2.75, 3.05) is 5.73 Å². The lowest BCUT2D eigenvalue weighted by atomic mass is 10.00. The second-order valence-corrected chi connectivity index (χ2v) is 7.42. The molecule has 2 heterocycles. The molecule has 5 aromatic rings. The average Bonchev–Trinajstić information content (AvgIpc) is 3.30. The van der Waals surface area contributed by atoms with Crippen molar-refractivity contribution in [1.82, 2.24) is 15.4 Å². The van der Waals surface area contributed by atoms with Gasteiger partial charge in [0.05, 0.1) is 5.52 Å². The molecule has 3 aromatic carbocycles. The molecule has 0 aliphatic carbocycles. The monoisotopic (exact) mass is 417 g/mol. The second kappa shape index (κ2) is 7.91. The molecule has 0 spiro atoms. The molecule has 0 fully saturated rings. The number of nitrogens with one attached hydrogen (secondary N) is 3. The number of anilines is 1. The maximum Gasteiger partial charge on any atom is 0.149 e. The fourth-order valence-electron chi connectivity index (χ4n) is 3.71. The smallest absolute Gasteiger partial charge is 0.149 e. The summed E-state index contributed by atoms with van der Waals surface area (Å²) in [6.45, 7) is 0. The number of pyridine rings is 1. The van der Waals surface area contributed by atoms with Gasteiger partial charge in [0, 0.05) is 33.8 Å². The fraction of sp³-hybridized carbons (Fsp3) is 0. The third-order valence-electron chi connectivity index (χ3n) is 5.32. The van der Waals surface area contributed by atoms with Gasteiger partial charge in [-0.15, -0.1) is 0 Å². The molecule has 154 valence electrons. The molecular formula is C26H19N5O. The number of aromatic amines is 1. The molecule has 32 heavy (non-hydrogen) atoms. The molecule has 0 aliphatic rings. The Morgan fingerprint density at radius 2 is 1.81 bits per heavy atom. The van der Waals surface area contributed by atoms with Crippen molar-refractivity contribution in [1.29, 1.82) is 5.41 Å². The second-order valence-electron chi connectivity index (χ2n) is 7.42. The topological polar surface area (TPSA) is 111 Å². The Bertz CT molecular complexity index is 1560. The lowest BCUT2D eigenvalue weighted by Gasteiger charge is -2.07. The first-order valence-corrected chi connectivity index (χ1v) is 9.99. The van der Waals surface area contributed by atoms with Crippen molar-refractivity contribution in [3.05, 3.63) is 95.7 Å². The van der Waals surface area contributed by atoms with Crippen LogP contribution in [0.25, 0.3) is 32.9 Å². The van der Waals surface area contributed by atoms with Crippen LogP contribution in [-0.2, 0) is 0 Å². The lowest BCUT2D eigenvalue weighted by molar-refractivity contribution is 0.234. The van der Waals surface area contributed by atoms with Gasteiger partial charge in [-0.3, -0.25) is 16.1 Å². The van der Waals surface area contributed by atoms with Crippen molar-refractivity contribution >= 4 is 33.5 Å². The molecule has 6 heteroatoms. The minimum Gasteiger partial charge on any atom is -0.384 e. The highest BCUT2D eigenvalue weighted by molar-refractivity contribution is 5.96. The number of nitrogens with two attached hydrogens (primary N) is 1. The number of hydroxylamine groups is 1. The highest BCUT2D eigenvalue weighted by atomic mass is 16.5. The van der Waals surface area contributed by atoms with Crippen LogP contribution in [0.3, 0.4) is 0 Å². The Hall–Kier alpha value is -4.60. The molecule has 2 aromatic heterocycles. The van der Waals surface area contributed by atoms with Crippen molar-refractivity contribution in [2.24, 2.45) is 0 Å². The van der Waals surface area contributed by atoms with E-state index in [0.717, 1.165) is 38.7 Å². The van der Waals surface area contributed by atoms with Gasteiger partial charge in [0.15, 0.2) is 0 Å². The molecule has 6 nitrogen and oxygen atoms in total. The standard InChI is InChI=1S/C26H19N5O/c27-25-15-20(5-4-16-2-1-3-21(12-16)26(28)31-32)22-13-18(8-9-23(22)30-25)19-7-6-17-10-11-29-24(17)14-19/h1-3,6-15,29,32H,(H2,27,30)(H2,28,31). The number of amidine groups is 1. The van der Waals surface area contributed by atoms with Crippen LogP contribution >= 0.6 is 0 Å². The third kappa shape index (κ3) is 3.65. The minimum atomic E-state index is -0.0871. The summed E-state index contributed by atoms with van der Waals surface area (Å²) in [5, 5.41) is 18.8. The van der Waals surface area contributed by atoms with Gasteiger partial charge < -0.3 is 10.7 Å². The van der Waals surface area contributed by atoms with Crippen LogP contribution < -0.4 is 11.2 Å². The molecule has 0 saturated heterocycles. The Morgan fingerprint density at radius 3 is 2.69 bits per heavy atom. The van der Waals surface area contributed by atoms with Crippen molar-refractivity contribution in [3.8, 4) is 23.0 Å². The van der Waals surface area contributed by atoms with E-state index in [1.54, 1.807) is 24.3 Å². The molecule has 6 N–H and O–H groups in total. The van der Waals surface area contributed by atoms with E-state index in [2.05, 4.69) is 46.1 Å². The van der Waals surface area contributed by atoms with E-state index in [1.165, 1.54) is 5.39 Å². The highest BCUT2D eigenvalue weighted by Crippen LogP contribution is 2.28. The summed E-state index contributed by atoms with van der Waals surface area (Å²) >= 11 is 0. The number of nitrogen functional groups attached to an aromatic ring is 1. The maximum absolute atomic E-state index is 8.97. The van der Waals surface area contributed by atoms with E-state index in [0.29, 0.717) is 11.4 Å². The van der Waals surface area contributed by atoms with E-state index in [1.807, 2.05) is 35.9 Å². The molecular weight excluding hydrogens is 398 g/mol. The molecule has 0 aliphatic heterocycles. The van der Waals surface area contributed by atoms with Crippen LogP contribution in [-0.4, -0.2) is 21.0 Å². The quantitative estimate of drug-likeness (QED) is 0.124. The predicted molar refractivity (Wildman–Crippen MR) is 128 cm³/mol. The van der Waals surface area contributed by atoms with Crippen LogP contribution in [0.4, 0.5) is 5.82 Å². The van der Waals surface area contributed by atoms with E-state index in [9.17, 15) is 0 Å². The molecule has 0 saturated carbocycles. The first-order valence-electron chi connectivity index (χ1n) is 9.99. The summed E-state index contributed by atoms with van der Waals surface area (Å²) in [6, 6.07) is 23.3. The van der Waals surface area contributed by atoms with Gasteiger partial charge in [0.1, 0.15) is 11.7 Å². The van der Waals surface area contributed by atoms with Gasteiger partial charge in [0.25, 0.3) is 0 Å². The Morgan fingerprint density at radius 1 is 0.969 bits per heavy atom. The summed E-state index contributed by atoms with van der Waals surface area (Å²) in [5.74, 6) is 6.66. The zero-order chi connectivity index (χ0) is 22.1. The van der Waals surface area contributed by atoms with Gasteiger partial charge in [-0.2, -0.15) is 0 Å². The van der Waals surface area contributed by atoms with E-state index < -0.39 is 0 Å². The number of aromatic nitrogens is 2. The van der Waals surface area contributed by atoms with E-state index in [-0.39, 0.29) is 5.84 Å². The molecule has 0 amide bonds. The van der Waals surface area contributed by atoms with Crippen LogP contribution in [0.5, 0.6) is 0 Å². The number of nitrogens with zero attached hydrogens (tertiary/aromatic N) is 1. The predicted octanol–water partition coefficient (Wildman–Crippen LogP) is 4.67. The van der Waals surface area contributed by atoms with Gasteiger partial charge in [-0.25, -0.2) is 4.98 Å². The maximum atomic E-state index is 8.97. The zero-order valence-electron chi connectivity index (χ0n) is 17.0. The molecule has 0 unspecified atom stereocenters. The molecule has 0 atom stereocenters. The van der Waals surface area contributed by atoms with Gasteiger partial charge in [-0.05, 0) is 59.0 Å². The first-order chi connectivity index (χ1) is 15.6. The fourth-order valence-corrected chi connectivity index (χ4v) is 3.71. The van der Waals surface area contributed by atoms with Gasteiger partial charge >= 0.3 is 0 Å². The minimum absolute atomic E-state index is 0.0871. The molecule has 5 rings (SSSR count). The number of H-pyrrole nitrogens is 1. The molecule has 0 bridgehead atoms. The largest absolute Gasteiger partial charge is 0.384 e. The Balaban J connectivity index is 1.60.